The molecule has 1 atom stereocenters. The Hall–Kier alpha value is -1.77. The molecule has 1 unspecified atom stereocenters. The third-order valence-electron chi connectivity index (χ3n) is 4.01. The summed E-state index contributed by atoms with van der Waals surface area (Å²) in [5.41, 5.74) is -0.0804. The van der Waals surface area contributed by atoms with Gasteiger partial charge in [-0.05, 0) is 33.3 Å². The number of carboxylic acids is 1. The summed E-state index contributed by atoms with van der Waals surface area (Å²) in [5, 5.41) is 20.1. The van der Waals surface area contributed by atoms with Crippen LogP contribution in [0, 0.1) is 5.82 Å². The molecule has 1 aromatic heterocycles. The first-order valence-electron chi connectivity index (χ1n) is 8.09. The SMILES string of the molecule is CC(C)(C)OC(C(=O)O)c1cc(F)c2nc(N3CCC3)sc2c1CO. The summed E-state index contributed by atoms with van der Waals surface area (Å²) in [6.07, 6.45) is -0.299. The van der Waals surface area contributed by atoms with Crippen LogP contribution in [0.4, 0.5) is 9.52 Å². The number of benzene rings is 1. The summed E-state index contributed by atoms with van der Waals surface area (Å²) in [6.45, 7) is 6.51. The predicted molar refractivity (Wildman–Crippen MR) is 93.5 cm³/mol. The summed E-state index contributed by atoms with van der Waals surface area (Å²) in [7, 11) is 0. The number of halogens is 1. The van der Waals surface area contributed by atoms with Crippen LogP contribution in [0.3, 0.4) is 0 Å². The van der Waals surface area contributed by atoms with Gasteiger partial charge in [0.25, 0.3) is 0 Å². The van der Waals surface area contributed by atoms with E-state index in [1.807, 2.05) is 4.90 Å². The Labute approximate surface area is 148 Å². The fourth-order valence-electron chi connectivity index (χ4n) is 2.74. The van der Waals surface area contributed by atoms with Crippen molar-refractivity contribution >= 4 is 32.7 Å². The molecule has 136 valence electrons. The third kappa shape index (κ3) is 3.47. The van der Waals surface area contributed by atoms with Crippen molar-refractivity contribution in [3.05, 3.63) is 23.0 Å². The molecule has 0 aliphatic carbocycles. The molecule has 6 nitrogen and oxygen atoms in total. The average molecular weight is 368 g/mol. The number of aliphatic carboxylic acids is 1. The van der Waals surface area contributed by atoms with Crippen LogP contribution in [0.25, 0.3) is 10.2 Å². The van der Waals surface area contributed by atoms with E-state index in [1.165, 1.54) is 11.3 Å². The average Bonchev–Trinajstić information content (AvgIpc) is 2.86. The van der Waals surface area contributed by atoms with Crippen LogP contribution >= 0.6 is 11.3 Å². The van der Waals surface area contributed by atoms with Crippen LogP contribution in [0.1, 0.15) is 44.4 Å². The molecule has 1 fully saturated rings. The van der Waals surface area contributed by atoms with Crippen molar-refractivity contribution in [1.29, 1.82) is 0 Å². The van der Waals surface area contributed by atoms with Crippen molar-refractivity contribution < 1.29 is 24.1 Å². The molecule has 2 N–H and O–H groups in total. The van der Waals surface area contributed by atoms with Gasteiger partial charge < -0.3 is 19.8 Å². The predicted octanol–water partition coefficient (Wildman–Crippen LogP) is 3.08. The fourth-order valence-corrected chi connectivity index (χ4v) is 3.92. The van der Waals surface area contributed by atoms with Crippen molar-refractivity contribution in [3.8, 4) is 0 Å². The molecule has 2 heterocycles. The van der Waals surface area contributed by atoms with Gasteiger partial charge in [-0.3, -0.25) is 0 Å². The Morgan fingerprint density at radius 3 is 2.64 bits per heavy atom. The van der Waals surface area contributed by atoms with Gasteiger partial charge in [-0.25, -0.2) is 14.2 Å². The molecule has 1 saturated heterocycles. The highest BCUT2D eigenvalue weighted by atomic mass is 32.1. The first-order chi connectivity index (χ1) is 11.7. The largest absolute Gasteiger partial charge is 0.479 e. The highest BCUT2D eigenvalue weighted by molar-refractivity contribution is 7.22. The minimum atomic E-state index is -1.37. The maximum absolute atomic E-state index is 14.6. The summed E-state index contributed by atoms with van der Waals surface area (Å²) in [5.74, 6) is -1.83. The normalized spacial score (nSPS) is 16.1. The summed E-state index contributed by atoms with van der Waals surface area (Å²) in [6, 6.07) is 1.12. The van der Waals surface area contributed by atoms with Crippen molar-refractivity contribution in [2.45, 2.75) is 45.5 Å². The van der Waals surface area contributed by atoms with Crippen LogP contribution in [0.5, 0.6) is 0 Å². The fraction of sp³-hybridized carbons (Fsp3) is 0.529. The molecule has 0 bridgehead atoms. The van der Waals surface area contributed by atoms with E-state index in [-0.39, 0.29) is 11.1 Å². The standard InChI is InChI=1S/C17H21FN2O4S/c1-17(2,3)24-13(15(22)23)9-7-11(18)12-14(10(9)8-21)25-16(19-12)20-5-4-6-20/h7,13,21H,4-6,8H2,1-3H3,(H,22,23). The van der Waals surface area contributed by atoms with E-state index in [4.69, 9.17) is 4.74 Å². The molecular formula is C17H21FN2O4S. The molecule has 1 aliphatic heterocycles. The molecule has 8 heteroatoms. The van der Waals surface area contributed by atoms with Crippen LogP contribution in [-0.4, -0.2) is 39.9 Å². The lowest BCUT2D eigenvalue weighted by atomic mass is 10.0. The number of anilines is 1. The number of ether oxygens (including phenoxy) is 1. The highest BCUT2D eigenvalue weighted by Gasteiger charge is 2.31. The molecule has 0 spiro atoms. The zero-order valence-electron chi connectivity index (χ0n) is 14.4. The number of rotatable bonds is 5. The van der Waals surface area contributed by atoms with Crippen molar-refractivity contribution in [1.82, 2.24) is 4.98 Å². The van der Waals surface area contributed by atoms with Gasteiger partial charge in [-0.2, -0.15) is 0 Å². The maximum atomic E-state index is 14.6. The lowest BCUT2D eigenvalue weighted by Gasteiger charge is -2.30. The topological polar surface area (TPSA) is 82.9 Å². The zero-order valence-corrected chi connectivity index (χ0v) is 15.2. The van der Waals surface area contributed by atoms with Crippen LogP contribution in [0.2, 0.25) is 0 Å². The van der Waals surface area contributed by atoms with Gasteiger partial charge >= 0.3 is 5.97 Å². The molecule has 3 rings (SSSR count). The second-order valence-corrected chi connectivity index (χ2v) is 8.03. The van der Waals surface area contributed by atoms with E-state index in [0.29, 0.717) is 15.4 Å². The van der Waals surface area contributed by atoms with Gasteiger partial charge in [0.2, 0.25) is 0 Å². The van der Waals surface area contributed by atoms with Crippen LogP contribution < -0.4 is 4.90 Å². The number of aromatic nitrogens is 1. The Morgan fingerprint density at radius 1 is 1.48 bits per heavy atom. The second-order valence-electron chi connectivity index (χ2n) is 7.05. The maximum Gasteiger partial charge on any atom is 0.337 e. The molecule has 0 radical (unpaired) electrons. The number of hydrogen-bond acceptors (Lipinski definition) is 6. The number of carboxylic acid groups (broad SMARTS) is 1. The molecule has 25 heavy (non-hydrogen) atoms. The van der Waals surface area contributed by atoms with Crippen molar-refractivity contribution in [3.63, 3.8) is 0 Å². The molecule has 1 aromatic carbocycles. The number of thiazole rings is 1. The Balaban J connectivity index is 2.15. The third-order valence-corrected chi connectivity index (χ3v) is 5.19. The number of aliphatic hydroxyl groups is 1. The smallest absolute Gasteiger partial charge is 0.337 e. The second kappa shape index (κ2) is 6.51. The minimum Gasteiger partial charge on any atom is -0.479 e. The van der Waals surface area contributed by atoms with E-state index >= 15 is 0 Å². The van der Waals surface area contributed by atoms with Gasteiger partial charge in [0.1, 0.15) is 5.52 Å². The van der Waals surface area contributed by atoms with Crippen LogP contribution in [-0.2, 0) is 16.1 Å². The highest BCUT2D eigenvalue weighted by Crippen LogP contribution is 2.39. The van der Waals surface area contributed by atoms with Crippen molar-refractivity contribution in [2.24, 2.45) is 0 Å². The van der Waals surface area contributed by atoms with E-state index < -0.39 is 30.1 Å². The first kappa shape index (κ1) is 18.0. The van der Waals surface area contributed by atoms with Gasteiger partial charge in [0, 0.05) is 24.2 Å². The quantitative estimate of drug-likeness (QED) is 0.844. The van der Waals surface area contributed by atoms with E-state index in [1.54, 1.807) is 20.8 Å². The number of nitrogens with zero attached hydrogens (tertiary/aromatic N) is 2. The Kier molecular flexibility index (Phi) is 4.70. The molecule has 2 aromatic rings. The zero-order chi connectivity index (χ0) is 18.4. The molecule has 0 amide bonds. The van der Waals surface area contributed by atoms with Crippen LogP contribution in [0.15, 0.2) is 6.07 Å². The lowest BCUT2D eigenvalue weighted by Crippen LogP contribution is -2.36. The Bertz CT molecular complexity index is 811. The number of hydrogen-bond donors (Lipinski definition) is 2. The van der Waals surface area contributed by atoms with Gasteiger partial charge in [-0.1, -0.05) is 11.3 Å². The summed E-state index contributed by atoms with van der Waals surface area (Å²) < 4.78 is 20.7. The van der Waals surface area contributed by atoms with E-state index in [2.05, 4.69) is 4.98 Å². The van der Waals surface area contributed by atoms with E-state index in [9.17, 15) is 19.4 Å². The minimum absolute atomic E-state index is 0.133. The summed E-state index contributed by atoms with van der Waals surface area (Å²) >= 11 is 1.27. The van der Waals surface area contributed by atoms with Gasteiger partial charge in [-0.15, -0.1) is 0 Å². The Morgan fingerprint density at radius 2 is 2.16 bits per heavy atom. The molecule has 1 aliphatic rings. The lowest BCUT2D eigenvalue weighted by molar-refractivity contribution is -0.160. The van der Waals surface area contributed by atoms with Crippen molar-refractivity contribution in [2.75, 3.05) is 18.0 Å². The van der Waals surface area contributed by atoms with E-state index in [0.717, 1.165) is 25.6 Å². The number of fused-ring (bicyclic) bond motifs is 1. The van der Waals surface area contributed by atoms with Gasteiger partial charge in [0.15, 0.2) is 17.1 Å². The monoisotopic (exact) mass is 368 g/mol. The molecular weight excluding hydrogens is 347 g/mol. The first-order valence-corrected chi connectivity index (χ1v) is 8.91. The molecule has 0 saturated carbocycles. The van der Waals surface area contributed by atoms with Gasteiger partial charge in [0.05, 0.1) is 16.9 Å². The number of aliphatic hydroxyl groups excluding tert-OH is 1. The summed E-state index contributed by atoms with van der Waals surface area (Å²) in [4.78, 5) is 18.1. The number of carbonyl (C=O) groups is 1.